The third-order valence-corrected chi connectivity index (χ3v) is 4.69. The fourth-order valence-electron chi connectivity index (χ4n) is 3.05. The molecule has 2 N–H and O–H groups in total. The molecule has 0 radical (unpaired) electrons. The zero-order chi connectivity index (χ0) is 20.5. The van der Waals surface area contributed by atoms with Crippen LogP contribution >= 0.6 is 0 Å². The Morgan fingerprint density at radius 3 is 2.38 bits per heavy atom. The predicted molar refractivity (Wildman–Crippen MR) is 109 cm³/mol. The number of carboxylic acid groups (broad SMARTS) is 1. The lowest BCUT2D eigenvalue weighted by Gasteiger charge is -2.28. The molecular formula is C22H26N2O5. The summed E-state index contributed by atoms with van der Waals surface area (Å²) in [5.41, 5.74) is 2.69. The Bertz CT molecular complexity index is 799. The number of aliphatic carboxylic acids is 1. The summed E-state index contributed by atoms with van der Waals surface area (Å²) in [4.78, 5) is 25.1. The average Bonchev–Trinajstić information content (AvgIpc) is 2.76. The van der Waals surface area contributed by atoms with Gasteiger partial charge in [0.15, 0.2) is 0 Å². The van der Waals surface area contributed by atoms with Crippen LogP contribution in [0.1, 0.15) is 28.8 Å². The number of carboxylic acids is 1. The van der Waals surface area contributed by atoms with E-state index in [2.05, 4.69) is 10.2 Å². The average molecular weight is 398 g/mol. The molecule has 0 atom stereocenters. The van der Waals surface area contributed by atoms with Crippen LogP contribution in [0.3, 0.4) is 0 Å². The van der Waals surface area contributed by atoms with E-state index in [9.17, 15) is 9.59 Å². The van der Waals surface area contributed by atoms with Gasteiger partial charge in [0.05, 0.1) is 19.8 Å². The third kappa shape index (κ3) is 6.50. The van der Waals surface area contributed by atoms with E-state index >= 15 is 0 Å². The summed E-state index contributed by atoms with van der Waals surface area (Å²) in [6.45, 7) is 3.98. The van der Waals surface area contributed by atoms with Gasteiger partial charge in [-0.05, 0) is 48.4 Å². The highest BCUT2D eigenvalue weighted by molar-refractivity contribution is 5.94. The van der Waals surface area contributed by atoms with Crippen molar-refractivity contribution in [1.29, 1.82) is 0 Å². The Morgan fingerprint density at radius 2 is 1.72 bits per heavy atom. The van der Waals surface area contributed by atoms with Crippen LogP contribution in [-0.2, 0) is 16.1 Å². The lowest BCUT2D eigenvalue weighted by atomic mass is 10.1. The SMILES string of the molecule is O=C(O)CCCOc1ccc(CNC(=O)c2ccc(N3CCOCC3)cc2)cc1. The Hall–Kier alpha value is -3.06. The summed E-state index contributed by atoms with van der Waals surface area (Å²) in [5, 5.41) is 11.5. The van der Waals surface area contributed by atoms with Crippen molar-refractivity contribution < 1.29 is 24.2 Å². The van der Waals surface area contributed by atoms with E-state index in [0.717, 1.165) is 37.6 Å². The summed E-state index contributed by atoms with van der Waals surface area (Å²) in [6.07, 6.45) is 0.564. The topological polar surface area (TPSA) is 88.1 Å². The molecule has 0 aromatic heterocycles. The van der Waals surface area contributed by atoms with Gasteiger partial charge >= 0.3 is 5.97 Å². The van der Waals surface area contributed by atoms with E-state index in [0.29, 0.717) is 30.9 Å². The molecule has 0 saturated carbocycles. The van der Waals surface area contributed by atoms with Crippen molar-refractivity contribution in [2.24, 2.45) is 0 Å². The molecule has 7 heteroatoms. The maximum absolute atomic E-state index is 12.4. The first kappa shape index (κ1) is 20.7. The van der Waals surface area contributed by atoms with Gasteiger partial charge in [-0.2, -0.15) is 0 Å². The van der Waals surface area contributed by atoms with Gasteiger partial charge in [-0.3, -0.25) is 9.59 Å². The van der Waals surface area contributed by atoms with E-state index in [1.807, 2.05) is 48.5 Å². The van der Waals surface area contributed by atoms with Crippen molar-refractivity contribution >= 4 is 17.6 Å². The van der Waals surface area contributed by atoms with Gasteiger partial charge in [0.2, 0.25) is 0 Å². The Labute approximate surface area is 170 Å². The standard InChI is InChI=1S/C22H26N2O5/c25-21(26)2-1-13-29-20-9-3-17(4-10-20)16-23-22(27)18-5-7-19(8-6-18)24-11-14-28-15-12-24/h3-10H,1-2,11-16H2,(H,23,27)(H,25,26). The zero-order valence-corrected chi connectivity index (χ0v) is 16.3. The van der Waals surface area contributed by atoms with Gasteiger partial charge < -0.3 is 24.8 Å². The maximum atomic E-state index is 12.4. The lowest BCUT2D eigenvalue weighted by Crippen LogP contribution is -2.36. The molecule has 0 unspecified atom stereocenters. The Balaban J connectivity index is 1.44. The van der Waals surface area contributed by atoms with Gasteiger partial charge in [0, 0.05) is 37.3 Å². The second-order valence-corrected chi connectivity index (χ2v) is 6.82. The van der Waals surface area contributed by atoms with Crippen LogP contribution in [0.15, 0.2) is 48.5 Å². The van der Waals surface area contributed by atoms with Crippen molar-refractivity contribution in [1.82, 2.24) is 5.32 Å². The first-order valence-corrected chi connectivity index (χ1v) is 9.76. The number of carbonyl (C=O) groups is 2. The van der Waals surface area contributed by atoms with Gasteiger partial charge in [-0.1, -0.05) is 12.1 Å². The van der Waals surface area contributed by atoms with Gasteiger partial charge in [0.25, 0.3) is 5.91 Å². The van der Waals surface area contributed by atoms with E-state index in [4.69, 9.17) is 14.6 Å². The fourth-order valence-corrected chi connectivity index (χ4v) is 3.05. The van der Waals surface area contributed by atoms with Crippen LogP contribution in [0.2, 0.25) is 0 Å². The molecule has 0 spiro atoms. The summed E-state index contributed by atoms with van der Waals surface area (Å²) >= 11 is 0. The normalized spacial score (nSPS) is 13.7. The molecule has 1 aliphatic rings. The number of anilines is 1. The minimum absolute atomic E-state index is 0.0948. The number of carbonyl (C=O) groups excluding carboxylic acids is 1. The van der Waals surface area contributed by atoms with Crippen molar-refractivity contribution in [3.05, 3.63) is 59.7 Å². The minimum Gasteiger partial charge on any atom is -0.494 e. The van der Waals surface area contributed by atoms with Crippen LogP contribution in [0.5, 0.6) is 5.75 Å². The van der Waals surface area contributed by atoms with E-state index in [1.165, 1.54) is 0 Å². The number of hydrogen-bond donors (Lipinski definition) is 2. The summed E-state index contributed by atoms with van der Waals surface area (Å²) in [6, 6.07) is 15.0. The molecule has 0 aliphatic carbocycles. The number of hydrogen-bond acceptors (Lipinski definition) is 5. The molecule has 1 heterocycles. The molecule has 1 amide bonds. The maximum Gasteiger partial charge on any atom is 0.303 e. The van der Waals surface area contributed by atoms with E-state index in [-0.39, 0.29) is 12.3 Å². The van der Waals surface area contributed by atoms with Gasteiger partial charge in [-0.25, -0.2) is 0 Å². The van der Waals surface area contributed by atoms with Crippen molar-refractivity contribution in [3.8, 4) is 5.75 Å². The molecule has 1 fully saturated rings. The van der Waals surface area contributed by atoms with Gasteiger partial charge in [0.1, 0.15) is 5.75 Å². The number of nitrogens with zero attached hydrogens (tertiary/aromatic N) is 1. The number of ether oxygens (including phenoxy) is 2. The number of nitrogens with one attached hydrogen (secondary N) is 1. The number of amides is 1. The molecule has 2 aromatic carbocycles. The first-order chi connectivity index (χ1) is 14.1. The molecule has 29 heavy (non-hydrogen) atoms. The fraction of sp³-hybridized carbons (Fsp3) is 0.364. The first-order valence-electron chi connectivity index (χ1n) is 9.76. The second-order valence-electron chi connectivity index (χ2n) is 6.82. The third-order valence-electron chi connectivity index (χ3n) is 4.69. The second kappa shape index (κ2) is 10.5. The van der Waals surface area contributed by atoms with Gasteiger partial charge in [-0.15, -0.1) is 0 Å². The lowest BCUT2D eigenvalue weighted by molar-refractivity contribution is -0.137. The van der Waals surface area contributed by atoms with Crippen molar-refractivity contribution in [3.63, 3.8) is 0 Å². The monoisotopic (exact) mass is 398 g/mol. The van der Waals surface area contributed by atoms with E-state index < -0.39 is 5.97 Å². The van der Waals surface area contributed by atoms with Crippen molar-refractivity contribution in [2.45, 2.75) is 19.4 Å². The number of benzene rings is 2. The van der Waals surface area contributed by atoms with E-state index in [1.54, 1.807) is 0 Å². The molecule has 7 nitrogen and oxygen atoms in total. The largest absolute Gasteiger partial charge is 0.494 e. The molecule has 1 saturated heterocycles. The highest BCUT2D eigenvalue weighted by atomic mass is 16.5. The zero-order valence-electron chi connectivity index (χ0n) is 16.3. The molecular weight excluding hydrogens is 372 g/mol. The molecule has 1 aliphatic heterocycles. The quantitative estimate of drug-likeness (QED) is 0.632. The van der Waals surface area contributed by atoms with Crippen LogP contribution in [0.4, 0.5) is 5.69 Å². The number of rotatable bonds is 9. The minimum atomic E-state index is -0.824. The predicted octanol–water partition coefficient (Wildman–Crippen LogP) is 2.70. The highest BCUT2D eigenvalue weighted by Crippen LogP contribution is 2.17. The highest BCUT2D eigenvalue weighted by Gasteiger charge is 2.12. The summed E-state index contributed by atoms with van der Waals surface area (Å²) < 4.78 is 10.9. The Morgan fingerprint density at radius 1 is 1.03 bits per heavy atom. The smallest absolute Gasteiger partial charge is 0.303 e. The number of morpholine rings is 1. The van der Waals surface area contributed by atoms with Crippen LogP contribution in [-0.4, -0.2) is 49.9 Å². The molecule has 3 rings (SSSR count). The molecule has 154 valence electrons. The Kier molecular flexibility index (Phi) is 7.47. The van der Waals surface area contributed by atoms with Crippen molar-refractivity contribution in [2.75, 3.05) is 37.8 Å². The summed E-state index contributed by atoms with van der Waals surface area (Å²) in [7, 11) is 0. The molecule has 2 aromatic rings. The van der Waals surface area contributed by atoms with Crippen LogP contribution < -0.4 is 15.0 Å². The summed E-state index contributed by atoms with van der Waals surface area (Å²) in [5.74, 6) is -0.257. The van der Waals surface area contributed by atoms with Crippen LogP contribution in [0, 0.1) is 0 Å². The van der Waals surface area contributed by atoms with Crippen LogP contribution in [0.25, 0.3) is 0 Å². The molecule has 0 bridgehead atoms.